The molecule has 19 heavy (non-hydrogen) atoms. The van der Waals surface area contributed by atoms with E-state index in [4.69, 9.17) is 4.74 Å². The van der Waals surface area contributed by atoms with Gasteiger partial charge in [-0.3, -0.25) is 0 Å². The van der Waals surface area contributed by atoms with Crippen LogP contribution in [0, 0.1) is 19.7 Å². The molecule has 2 nitrogen and oxygen atoms in total. The summed E-state index contributed by atoms with van der Waals surface area (Å²) in [7, 11) is 1.56. The van der Waals surface area contributed by atoms with E-state index in [0.29, 0.717) is 28.0 Å². The van der Waals surface area contributed by atoms with Gasteiger partial charge in [0.15, 0.2) is 0 Å². The minimum Gasteiger partial charge on any atom is -0.496 e. The normalized spacial score (nSPS) is 12.3. The van der Waals surface area contributed by atoms with Crippen LogP contribution in [0.25, 0.3) is 0 Å². The third-order valence-electron chi connectivity index (χ3n) is 3.21. The summed E-state index contributed by atoms with van der Waals surface area (Å²) in [5, 5.41) is 10.4. The lowest BCUT2D eigenvalue weighted by molar-refractivity contribution is 0.214. The zero-order valence-corrected chi connectivity index (χ0v) is 11.3. The molecule has 0 spiro atoms. The SMILES string of the molecule is COc1ccccc1C(O)c1cc(C)c(F)c(C)c1. The quantitative estimate of drug-likeness (QED) is 0.914. The van der Waals surface area contributed by atoms with Crippen molar-refractivity contribution < 1.29 is 14.2 Å². The summed E-state index contributed by atoms with van der Waals surface area (Å²) in [4.78, 5) is 0. The third-order valence-corrected chi connectivity index (χ3v) is 3.21. The molecule has 3 heteroatoms. The molecule has 0 aliphatic rings. The molecule has 0 heterocycles. The van der Waals surface area contributed by atoms with E-state index in [0.717, 1.165) is 0 Å². The number of methoxy groups -OCH3 is 1. The maximum Gasteiger partial charge on any atom is 0.129 e. The van der Waals surface area contributed by atoms with E-state index in [1.54, 1.807) is 45.2 Å². The van der Waals surface area contributed by atoms with Gasteiger partial charge in [0, 0.05) is 5.56 Å². The van der Waals surface area contributed by atoms with E-state index in [1.807, 2.05) is 12.1 Å². The number of aryl methyl sites for hydroxylation is 2. The summed E-state index contributed by atoms with van der Waals surface area (Å²) in [6.45, 7) is 3.39. The number of aliphatic hydroxyl groups is 1. The van der Waals surface area contributed by atoms with Crippen LogP contribution < -0.4 is 4.74 Å². The molecule has 2 aromatic carbocycles. The van der Waals surface area contributed by atoms with Crippen molar-refractivity contribution in [1.82, 2.24) is 0 Å². The Morgan fingerprint density at radius 3 is 2.26 bits per heavy atom. The molecule has 0 aliphatic carbocycles. The van der Waals surface area contributed by atoms with Crippen molar-refractivity contribution in [2.75, 3.05) is 7.11 Å². The molecule has 1 unspecified atom stereocenters. The smallest absolute Gasteiger partial charge is 0.129 e. The summed E-state index contributed by atoms with van der Waals surface area (Å²) in [5.74, 6) is 0.394. The molecule has 0 aliphatic heterocycles. The number of hydrogen-bond acceptors (Lipinski definition) is 2. The van der Waals surface area contributed by atoms with E-state index in [9.17, 15) is 9.50 Å². The van der Waals surface area contributed by atoms with Crippen LogP contribution in [-0.2, 0) is 0 Å². The second-order valence-corrected chi connectivity index (χ2v) is 4.61. The van der Waals surface area contributed by atoms with Crippen LogP contribution in [0.1, 0.15) is 28.4 Å². The van der Waals surface area contributed by atoms with Crippen molar-refractivity contribution in [2.24, 2.45) is 0 Å². The largest absolute Gasteiger partial charge is 0.496 e. The highest BCUT2D eigenvalue weighted by Gasteiger charge is 2.17. The van der Waals surface area contributed by atoms with Crippen LogP contribution in [0.5, 0.6) is 5.75 Å². The number of hydrogen-bond donors (Lipinski definition) is 1. The molecule has 100 valence electrons. The fraction of sp³-hybridized carbons (Fsp3) is 0.250. The lowest BCUT2D eigenvalue weighted by Crippen LogP contribution is -2.04. The molecule has 0 aromatic heterocycles. The number of rotatable bonds is 3. The van der Waals surface area contributed by atoms with Crippen molar-refractivity contribution in [3.63, 3.8) is 0 Å². The number of aliphatic hydroxyl groups excluding tert-OH is 1. The molecule has 0 saturated heterocycles. The summed E-state index contributed by atoms with van der Waals surface area (Å²) in [5.41, 5.74) is 2.41. The van der Waals surface area contributed by atoms with Crippen molar-refractivity contribution >= 4 is 0 Å². The van der Waals surface area contributed by atoms with Crippen LogP contribution in [-0.4, -0.2) is 12.2 Å². The topological polar surface area (TPSA) is 29.5 Å². The van der Waals surface area contributed by atoms with Gasteiger partial charge in [-0.1, -0.05) is 30.3 Å². The fourth-order valence-corrected chi connectivity index (χ4v) is 2.21. The lowest BCUT2D eigenvalue weighted by atomic mass is 9.97. The predicted molar refractivity (Wildman–Crippen MR) is 72.9 cm³/mol. The highest BCUT2D eigenvalue weighted by molar-refractivity contribution is 5.42. The average Bonchev–Trinajstić information content (AvgIpc) is 2.43. The van der Waals surface area contributed by atoms with Crippen molar-refractivity contribution in [3.05, 3.63) is 64.5 Å². The maximum absolute atomic E-state index is 13.6. The number of para-hydroxylation sites is 1. The van der Waals surface area contributed by atoms with Gasteiger partial charge in [0.2, 0.25) is 0 Å². The van der Waals surface area contributed by atoms with Gasteiger partial charge < -0.3 is 9.84 Å². The van der Waals surface area contributed by atoms with Gasteiger partial charge >= 0.3 is 0 Å². The molecular formula is C16H17FO2. The first-order valence-electron chi connectivity index (χ1n) is 6.12. The van der Waals surface area contributed by atoms with E-state index in [2.05, 4.69) is 0 Å². The molecule has 0 fully saturated rings. The molecule has 1 N–H and O–H groups in total. The first-order valence-corrected chi connectivity index (χ1v) is 6.12. The molecule has 0 radical (unpaired) electrons. The Kier molecular flexibility index (Phi) is 3.86. The zero-order chi connectivity index (χ0) is 14.0. The Labute approximate surface area is 112 Å². The number of halogens is 1. The van der Waals surface area contributed by atoms with Crippen molar-refractivity contribution in [3.8, 4) is 5.75 Å². The number of benzene rings is 2. The highest BCUT2D eigenvalue weighted by Crippen LogP contribution is 2.31. The first-order chi connectivity index (χ1) is 9.04. The van der Waals surface area contributed by atoms with E-state index in [1.165, 1.54) is 0 Å². The Balaban J connectivity index is 2.47. The summed E-state index contributed by atoms with van der Waals surface area (Å²) in [6, 6.07) is 10.6. The maximum atomic E-state index is 13.6. The van der Waals surface area contributed by atoms with Crippen LogP contribution in [0.4, 0.5) is 4.39 Å². The van der Waals surface area contributed by atoms with E-state index >= 15 is 0 Å². The predicted octanol–water partition coefficient (Wildman–Crippen LogP) is 3.53. The van der Waals surface area contributed by atoms with Crippen LogP contribution >= 0.6 is 0 Å². The molecule has 0 bridgehead atoms. The van der Waals surface area contributed by atoms with E-state index < -0.39 is 6.10 Å². The molecule has 0 amide bonds. The second kappa shape index (κ2) is 5.41. The summed E-state index contributed by atoms with van der Waals surface area (Å²) in [6.07, 6.45) is -0.825. The molecule has 1 atom stereocenters. The zero-order valence-electron chi connectivity index (χ0n) is 11.3. The van der Waals surface area contributed by atoms with Crippen LogP contribution in [0.2, 0.25) is 0 Å². The lowest BCUT2D eigenvalue weighted by Gasteiger charge is -2.16. The average molecular weight is 260 g/mol. The standard InChI is InChI=1S/C16H17FO2/c1-10-8-12(9-11(2)15(10)17)16(18)13-6-4-5-7-14(13)19-3/h4-9,16,18H,1-3H3. The first kappa shape index (κ1) is 13.6. The van der Waals surface area contributed by atoms with Gasteiger partial charge in [0.25, 0.3) is 0 Å². The third kappa shape index (κ3) is 2.61. The van der Waals surface area contributed by atoms with Gasteiger partial charge in [0.05, 0.1) is 7.11 Å². The Morgan fingerprint density at radius 2 is 1.68 bits per heavy atom. The molecule has 0 saturated carbocycles. The van der Waals surface area contributed by atoms with Gasteiger partial charge in [-0.25, -0.2) is 4.39 Å². The molecular weight excluding hydrogens is 243 g/mol. The summed E-state index contributed by atoms with van der Waals surface area (Å²) < 4.78 is 18.9. The van der Waals surface area contributed by atoms with Crippen molar-refractivity contribution in [2.45, 2.75) is 20.0 Å². The van der Waals surface area contributed by atoms with Crippen molar-refractivity contribution in [1.29, 1.82) is 0 Å². The second-order valence-electron chi connectivity index (χ2n) is 4.61. The molecule has 2 rings (SSSR count). The Bertz CT molecular complexity index is 570. The number of ether oxygens (including phenoxy) is 1. The van der Waals surface area contributed by atoms with Gasteiger partial charge in [-0.15, -0.1) is 0 Å². The minimum atomic E-state index is -0.825. The highest BCUT2D eigenvalue weighted by atomic mass is 19.1. The fourth-order valence-electron chi connectivity index (χ4n) is 2.21. The van der Waals surface area contributed by atoms with Gasteiger partial charge in [-0.05, 0) is 36.6 Å². The monoisotopic (exact) mass is 260 g/mol. The Hall–Kier alpha value is -1.87. The molecule has 2 aromatic rings. The van der Waals surface area contributed by atoms with Gasteiger partial charge in [-0.2, -0.15) is 0 Å². The van der Waals surface area contributed by atoms with Gasteiger partial charge in [0.1, 0.15) is 17.7 Å². The summed E-state index contributed by atoms with van der Waals surface area (Å²) >= 11 is 0. The Morgan fingerprint density at radius 1 is 1.11 bits per heavy atom. The van der Waals surface area contributed by atoms with Crippen LogP contribution in [0.3, 0.4) is 0 Å². The minimum absolute atomic E-state index is 0.226. The van der Waals surface area contributed by atoms with Crippen LogP contribution in [0.15, 0.2) is 36.4 Å². The van der Waals surface area contributed by atoms with E-state index in [-0.39, 0.29) is 5.82 Å².